The number of ether oxygens (including phenoxy) is 1. The molecule has 8 heteroatoms. The van der Waals surface area contributed by atoms with E-state index >= 15 is 0 Å². The number of rotatable bonds is 7. The first-order chi connectivity index (χ1) is 10.7. The first-order valence-corrected chi connectivity index (χ1v) is 12.4. The van der Waals surface area contributed by atoms with Gasteiger partial charge in [-0.15, -0.1) is 0 Å². The molecule has 0 saturated carbocycles. The van der Waals surface area contributed by atoms with Crippen molar-refractivity contribution in [1.29, 1.82) is 0 Å². The molecule has 1 amide bonds. The van der Waals surface area contributed by atoms with Gasteiger partial charge >= 0.3 is 0 Å². The predicted octanol–water partition coefficient (Wildman–Crippen LogP) is 2.87. The topological polar surface area (TPSA) is 83.0 Å². The second-order valence-corrected chi connectivity index (χ2v) is 13.1. The minimum atomic E-state index is -1.12. The van der Waals surface area contributed by atoms with Crippen molar-refractivity contribution in [2.45, 2.75) is 44.5 Å². The average Bonchev–Trinajstić information content (AvgIpc) is 2.82. The predicted molar refractivity (Wildman–Crippen MR) is 96.7 cm³/mol. The number of aryl methyl sites for hydroxylation is 1. The molecule has 0 aliphatic carbocycles. The van der Waals surface area contributed by atoms with Crippen molar-refractivity contribution in [3.63, 3.8) is 0 Å². The van der Waals surface area contributed by atoms with Gasteiger partial charge in [0.25, 0.3) is 5.91 Å². The van der Waals surface area contributed by atoms with E-state index in [-0.39, 0.29) is 0 Å². The van der Waals surface area contributed by atoms with Crippen molar-refractivity contribution in [1.82, 2.24) is 14.5 Å². The maximum Gasteiger partial charge on any atom is 0.251 e. The zero-order chi connectivity index (χ0) is 17.2. The van der Waals surface area contributed by atoms with Gasteiger partial charge in [0.1, 0.15) is 12.4 Å². The highest BCUT2D eigenvalue weighted by atomic mass is 32.2. The van der Waals surface area contributed by atoms with Crippen LogP contribution >= 0.6 is 11.8 Å². The number of nitrogens with zero attached hydrogens (tertiary/aromatic N) is 3. The molecule has 23 heavy (non-hydrogen) atoms. The molecule has 2 aromatic heterocycles. The van der Waals surface area contributed by atoms with Crippen LogP contribution in [0.25, 0.3) is 11.0 Å². The molecule has 0 spiro atoms. The first-order valence-electron chi connectivity index (χ1n) is 7.52. The van der Waals surface area contributed by atoms with Crippen LogP contribution in [0.3, 0.4) is 0 Å². The van der Waals surface area contributed by atoms with E-state index in [1.54, 1.807) is 6.20 Å². The van der Waals surface area contributed by atoms with Gasteiger partial charge < -0.3 is 15.0 Å². The Balaban J connectivity index is 2.32. The summed E-state index contributed by atoms with van der Waals surface area (Å²) in [6.45, 7) is 9.88. The molecule has 2 aromatic rings. The van der Waals surface area contributed by atoms with Gasteiger partial charge in [-0.2, -0.15) is 0 Å². The zero-order valence-corrected chi connectivity index (χ0v) is 16.2. The number of carbonyl (C=O) groups excluding carboxylic acids is 1. The molecular weight excluding hydrogens is 328 g/mol. The Hall–Kier alpha value is -1.38. The number of hydrogen-bond acceptors (Lipinski definition) is 5. The average molecular weight is 353 g/mol. The van der Waals surface area contributed by atoms with Crippen molar-refractivity contribution < 1.29 is 9.53 Å². The molecule has 0 saturated heterocycles. The molecule has 0 aliphatic rings. The highest BCUT2D eigenvalue weighted by molar-refractivity contribution is 7.98. The molecule has 2 N–H and O–H groups in total. The Morgan fingerprint density at radius 1 is 1.39 bits per heavy atom. The number of amides is 1. The molecule has 2 rings (SSSR count). The summed E-state index contributed by atoms with van der Waals surface area (Å²) >= 11 is 1.47. The second kappa shape index (κ2) is 7.02. The normalized spacial score (nSPS) is 12.0. The molecular formula is C15H24N4O2SSi. The Kier molecular flexibility index (Phi) is 5.48. The van der Waals surface area contributed by atoms with E-state index < -0.39 is 14.0 Å². The van der Waals surface area contributed by atoms with Crippen molar-refractivity contribution >= 4 is 36.8 Å². The lowest BCUT2D eigenvalue weighted by molar-refractivity contribution is 0.0894. The van der Waals surface area contributed by atoms with E-state index in [9.17, 15) is 4.79 Å². The third-order valence-electron chi connectivity index (χ3n) is 3.55. The van der Waals surface area contributed by atoms with Gasteiger partial charge in [0.2, 0.25) is 0 Å². The molecule has 0 unspecified atom stereocenters. The number of fused-ring (bicyclic) bond motifs is 1. The molecule has 6 nitrogen and oxygen atoms in total. The third kappa shape index (κ3) is 4.33. The molecule has 126 valence electrons. The number of nitrogens with two attached hydrogens (primary N) is 1. The fourth-order valence-corrected chi connectivity index (χ4v) is 3.42. The van der Waals surface area contributed by atoms with E-state index in [1.165, 1.54) is 11.8 Å². The number of thioether (sulfide) groups is 1. The molecule has 0 bridgehead atoms. The summed E-state index contributed by atoms with van der Waals surface area (Å²) in [7, 11) is -1.12. The Labute approximate surface area is 141 Å². The van der Waals surface area contributed by atoms with Crippen LogP contribution in [-0.2, 0) is 11.5 Å². The number of primary amides is 1. The molecule has 0 atom stereocenters. The molecule has 0 fully saturated rings. The lowest BCUT2D eigenvalue weighted by Crippen LogP contribution is -2.22. The number of aromatic nitrogens is 3. The van der Waals surface area contributed by atoms with Crippen LogP contribution in [0, 0.1) is 6.92 Å². The van der Waals surface area contributed by atoms with Gasteiger partial charge in [-0.25, -0.2) is 9.97 Å². The van der Waals surface area contributed by atoms with Crippen molar-refractivity contribution in [3.8, 4) is 0 Å². The van der Waals surface area contributed by atoms with E-state index in [0.29, 0.717) is 35.1 Å². The third-order valence-corrected chi connectivity index (χ3v) is 5.80. The summed E-state index contributed by atoms with van der Waals surface area (Å²) in [5, 5.41) is 1.39. The van der Waals surface area contributed by atoms with E-state index in [0.717, 1.165) is 11.7 Å². The summed E-state index contributed by atoms with van der Waals surface area (Å²) < 4.78 is 7.63. The minimum absolute atomic E-state index is 0.360. The summed E-state index contributed by atoms with van der Waals surface area (Å²) in [5.41, 5.74) is 7.40. The largest absolute Gasteiger partial charge is 0.366 e. The lowest BCUT2D eigenvalue weighted by Gasteiger charge is -2.15. The monoisotopic (exact) mass is 352 g/mol. The maximum absolute atomic E-state index is 11.7. The van der Waals surface area contributed by atoms with Crippen LogP contribution in [0.2, 0.25) is 25.7 Å². The minimum Gasteiger partial charge on any atom is -0.366 e. The van der Waals surface area contributed by atoms with Crippen molar-refractivity contribution in [2.75, 3.05) is 12.9 Å². The standard InChI is InChI=1S/C15H24N4O2SSi/c1-10-12-11(13(16)20)8-19(9-21-6-7-23(3,4)5)14(12)18-15(17-10)22-2/h8H,6-7,9H2,1-5H3,(H2,16,20). The number of hydrogen-bond donors (Lipinski definition) is 1. The molecule has 0 aliphatic heterocycles. The SMILES string of the molecule is CSc1nc(C)c2c(C(N)=O)cn(COCC[Si](C)(C)C)c2n1. The molecule has 0 aromatic carbocycles. The fourth-order valence-electron chi connectivity index (χ4n) is 2.26. The molecule has 2 heterocycles. The van der Waals surface area contributed by atoms with E-state index in [2.05, 4.69) is 29.6 Å². The zero-order valence-electron chi connectivity index (χ0n) is 14.3. The van der Waals surface area contributed by atoms with E-state index in [1.807, 2.05) is 17.7 Å². The van der Waals surface area contributed by atoms with E-state index in [4.69, 9.17) is 10.5 Å². The van der Waals surface area contributed by atoms with Crippen molar-refractivity contribution in [3.05, 3.63) is 17.5 Å². The Morgan fingerprint density at radius 3 is 2.65 bits per heavy atom. The quantitative estimate of drug-likeness (QED) is 0.358. The van der Waals surface area contributed by atoms with Crippen molar-refractivity contribution in [2.24, 2.45) is 5.73 Å². The second-order valence-electron chi connectivity index (χ2n) is 6.72. The lowest BCUT2D eigenvalue weighted by atomic mass is 10.2. The summed E-state index contributed by atoms with van der Waals surface area (Å²) in [5.74, 6) is -0.473. The highest BCUT2D eigenvalue weighted by Gasteiger charge is 2.18. The van der Waals surface area contributed by atoms with Crippen LogP contribution < -0.4 is 5.73 Å². The van der Waals surface area contributed by atoms with Crippen LogP contribution in [0.5, 0.6) is 0 Å². The highest BCUT2D eigenvalue weighted by Crippen LogP contribution is 2.25. The van der Waals surface area contributed by atoms with Crippen LogP contribution in [0.15, 0.2) is 11.4 Å². The van der Waals surface area contributed by atoms with Gasteiger partial charge in [-0.1, -0.05) is 31.4 Å². The molecule has 0 radical (unpaired) electrons. The van der Waals surface area contributed by atoms with Gasteiger partial charge in [0, 0.05) is 20.9 Å². The fraction of sp³-hybridized carbons (Fsp3) is 0.533. The summed E-state index contributed by atoms with van der Waals surface area (Å²) in [4.78, 5) is 20.6. The summed E-state index contributed by atoms with van der Waals surface area (Å²) in [6.07, 6.45) is 3.64. The Morgan fingerprint density at radius 2 is 2.09 bits per heavy atom. The van der Waals surface area contributed by atoms with Gasteiger partial charge in [-0.05, 0) is 19.2 Å². The smallest absolute Gasteiger partial charge is 0.251 e. The van der Waals surface area contributed by atoms with Gasteiger partial charge in [0.05, 0.1) is 16.6 Å². The van der Waals surface area contributed by atoms with Crippen LogP contribution in [0.1, 0.15) is 16.1 Å². The van der Waals surface area contributed by atoms with Gasteiger partial charge in [-0.3, -0.25) is 4.79 Å². The maximum atomic E-state index is 11.7. The van der Waals surface area contributed by atoms with Crippen LogP contribution in [-0.4, -0.2) is 41.4 Å². The first kappa shape index (κ1) is 18.0. The number of carbonyl (C=O) groups is 1. The summed E-state index contributed by atoms with van der Waals surface area (Å²) in [6, 6.07) is 1.10. The Bertz CT molecular complexity index is 724. The van der Waals surface area contributed by atoms with Crippen LogP contribution in [0.4, 0.5) is 0 Å². The van der Waals surface area contributed by atoms with Gasteiger partial charge in [0.15, 0.2) is 5.16 Å².